The summed E-state index contributed by atoms with van der Waals surface area (Å²) in [6.45, 7) is 2.58. The Morgan fingerprint density at radius 3 is 2.34 bits per heavy atom. The molecule has 0 saturated carbocycles. The van der Waals surface area contributed by atoms with Gasteiger partial charge < -0.3 is 9.88 Å². The van der Waals surface area contributed by atoms with E-state index in [0.717, 1.165) is 17.1 Å². The number of carbonyl (C=O) groups is 1. The normalized spacial score (nSPS) is 12.9. The molecule has 1 N–H and O–H groups in total. The van der Waals surface area contributed by atoms with Crippen LogP contribution in [0.4, 0.5) is 0 Å². The minimum Gasteiger partial charge on any atom is -0.355 e. The van der Waals surface area contributed by atoms with Crippen LogP contribution >= 0.6 is 0 Å². The van der Waals surface area contributed by atoms with E-state index in [0.29, 0.717) is 6.54 Å². The first kappa shape index (κ1) is 21.8. The summed E-state index contributed by atoms with van der Waals surface area (Å²) in [6, 6.07) is 23.7. The van der Waals surface area contributed by atoms with Crippen molar-refractivity contribution in [3.05, 3.63) is 103 Å². The standard InChI is InChI=1S/C25H26N4O2S/c1-20(21-10-4-2-5-11-21)16-26-24(30)19-32(31)18-22-17-27-29(23-12-6-3-7-13-23)25(22)28-14-8-9-15-28/h2-15,17,20H,16,18-19H2,1H3,(H,26,30)/t20-,32+/m1/s1. The first-order chi connectivity index (χ1) is 15.6. The Bertz CT molecular complexity index is 1170. The van der Waals surface area contributed by atoms with Crippen molar-refractivity contribution >= 4 is 16.7 Å². The van der Waals surface area contributed by atoms with Crippen LogP contribution in [0.5, 0.6) is 0 Å². The molecule has 2 heterocycles. The topological polar surface area (TPSA) is 68.9 Å². The maximum absolute atomic E-state index is 12.8. The van der Waals surface area contributed by atoms with Crippen molar-refractivity contribution in [3.8, 4) is 11.5 Å². The molecule has 1 amide bonds. The lowest BCUT2D eigenvalue weighted by Gasteiger charge is -2.13. The molecule has 2 aromatic heterocycles. The SMILES string of the molecule is C[C@H](CNC(=O)C[S@@](=O)Cc1cnn(-c2ccccc2)c1-n1cccc1)c1ccccc1. The highest BCUT2D eigenvalue weighted by Gasteiger charge is 2.18. The summed E-state index contributed by atoms with van der Waals surface area (Å²) in [5.74, 6) is 1.03. The second kappa shape index (κ2) is 10.2. The summed E-state index contributed by atoms with van der Waals surface area (Å²) in [7, 11) is -1.35. The van der Waals surface area contributed by atoms with Gasteiger partial charge in [0.1, 0.15) is 11.6 Å². The predicted octanol–water partition coefficient (Wildman–Crippen LogP) is 3.83. The Morgan fingerprint density at radius 2 is 1.66 bits per heavy atom. The maximum Gasteiger partial charge on any atom is 0.232 e. The molecule has 4 rings (SSSR count). The highest BCUT2D eigenvalue weighted by atomic mass is 32.2. The highest BCUT2D eigenvalue weighted by Crippen LogP contribution is 2.21. The number of hydrogen-bond donors (Lipinski definition) is 1. The molecule has 0 fully saturated rings. The molecule has 4 aromatic rings. The summed E-state index contributed by atoms with van der Waals surface area (Å²) in [5, 5.41) is 7.44. The zero-order valence-corrected chi connectivity index (χ0v) is 18.7. The summed E-state index contributed by atoms with van der Waals surface area (Å²) >= 11 is 0. The summed E-state index contributed by atoms with van der Waals surface area (Å²) in [4.78, 5) is 12.4. The number of rotatable bonds is 9. The second-order valence-electron chi connectivity index (χ2n) is 7.68. The van der Waals surface area contributed by atoms with Gasteiger partial charge in [0, 0.05) is 35.3 Å². The van der Waals surface area contributed by atoms with Crippen molar-refractivity contribution in [3.63, 3.8) is 0 Å². The van der Waals surface area contributed by atoms with Crippen molar-refractivity contribution in [1.29, 1.82) is 0 Å². The first-order valence-corrected chi connectivity index (χ1v) is 12.0. The molecular formula is C25H26N4O2S. The second-order valence-corrected chi connectivity index (χ2v) is 9.13. The lowest BCUT2D eigenvalue weighted by molar-refractivity contribution is -0.118. The molecular weight excluding hydrogens is 420 g/mol. The highest BCUT2D eigenvalue weighted by molar-refractivity contribution is 7.84. The molecule has 0 spiro atoms. The van der Waals surface area contributed by atoms with Gasteiger partial charge in [0.15, 0.2) is 0 Å². The fourth-order valence-electron chi connectivity index (χ4n) is 3.57. The van der Waals surface area contributed by atoms with Gasteiger partial charge in [0.2, 0.25) is 5.91 Å². The van der Waals surface area contributed by atoms with E-state index >= 15 is 0 Å². The molecule has 0 radical (unpaired) electrons. The number of amides is 1. The molecule has 32 heavy (non-hydrogen) atoms. The Labute approximate surface area is 190 Å². The van der Waals surface area contributed by atoms with Gasteiger partial charge in [0.05, 0.1) is 17.6 Å². The van der Waals surface area contributed by atoms with Crippen LogP contribution in [-0.2, 0) is 21.3 Å². The molecule has 0 aliphatic rings. The fourth-order valence-corrected chi connectivity index (χ4v) is 4.62. The average molecular weight is 447 g/mol. The van der Waals surface area contributed by atoms with E-state index in [-0.39, 0.29) is 23.3 Å². The minimum atomic E-state index is -1.35. The Kier molecular flexibility index (Phi) is 6.97. The van der Waals surface area contributed by atoms with E-state index in [4.69, 9.17) is 0 Å². The quantitative estimate of drug-likeness (QED) is 0.425. The zero-order chi connectivity index (χ0) is 22.3. The molecule has 0 aliphatic heterocycles. The van der Waals surface area contributed by atoms with E-state index in [1.165, 1.54) is 5.56 Å². The predicted molar refractivity (Wildman–Crippen MR) is 127 cm³/mol. The lowest BCUT2D eigenvalue weighted by Crippen LogP contribution is -2.31. The molecule has 0 saturated heterocycles. The van der Waals surface area contributed by atoms with E-state index in [9.17, 15) is 9.00 Å². The molecule has 0 aliphatic carbocycles. The van der Waals surface area contributed by atoms with Crippen LogP contribution in [-0.4, -0.2) is 36.8 Å². The third-order valence-electron chi connectivity index (χ3n) is 5.25. The van der Waals surface area contributed by atoms with Crippen molar-refractivity contribution in [2.75, 3.05) is 12.3 Å². The molecule has 0 bridgehead atoms. The van der Waals surface area contributed by atoms with Crippen molar-refractivity contribution < 1.29 is 9.00 Å². The number of hydrogen-bond acceptors (Lipinski definition) is 3. The first-order valence-electron chi connectivity index (χ1n) is 10.5. The number of nitrogens with zero attached hydrogens (tertiary/aromatic N) is 3. The van der Waals surface area contributed by atoms with E-state index in [2.05, 4.69) is 17.3 Å². The van der Waals surface area contributed by atoms with Crippen LogP contribution in [0.1, 0.15) is 24.0 Å². The molecule has 7 heteroatoms. The molecule has 2 atom stereocenters. The van der Waals surface area contributed by atoms with Gasteiger partial charge in [-0.15, -0.1) is 0 Å². The van der Waals surface area contributed by atoms with Gasteiger partial charge in [0.25, 0.3) is 0 Å². The number of nitrogens with one attached hydrogen (secondary N) is 1. The van der Waals surface area contributed by atoms with Crippen LogP contribution < -0.4 is 5.32 Å². The van der Waals surface area contributed by atoms with Crippen LogP contribution in [0.15, 0.2) is 91.4 Å². The third-order valence-corrected chi connectivity index (χ3v) is 6.47. The van der Waals surface area contributed by atoms with E-state index in [1.54, 1.807) is 6.20 Å². The monoisotopic (exact) mass is 446 g/mol. The maximum atomic E-state index is 12.8. The number of benzene rings is 2. The van der Waals surface area contributed by atoms with Gasteiger partial charge in [-0.3, -0.25) is 9.00 Å². The van der Waals surface area contributed by atoms with E-state index in [1.807, 2.05) is 94.4 Å². The van der Waals surface area contributed by atoms with Gasteiger partial charge in [-0.1, -0.05) is 55.5 Å². The van der Waals surface area contributed by atoms with Crippen molar-refractivity contribution in [1.82, 2.24) is 19.7 Å². The number of carbonyl (C=O) groups excluding carboxylic acids is 1. The Hall–Kier alpha value is -3.45. The van der Waals surface area contributed by atoms with E-state index < -0.39 is 10.8 Å². The van der Waals surface area contributed by atoms with Crippen molar-refractivity contribution in [2.45, 2.75) is 18.6 Å². The van der Waals surface area contributed by atoms with Crippen molar-refractivity contribution in [2.24, 2.45) is 0 Å². The number of aromatic nitrogens is 3. The lowest BCUT2D eigenvalue weighted by atomic mass is 10.0. The summed E-state index contributed by atoms with van der Waals surface area (Å²) < 4.78 is 16.6. The van der Waals surface area contributed by atoms with Gasteiger partial charge in [-0.2, -0.15) is 5.10 Å². The summed E-state index contributed by atoms with van der Waals surface area (Å²) in [6.07, 6.45) is 5.59. The van der Waals surface area contributed by atoms with Crippen LogP contribution in [0.2, 0.25) is 0 Å². The Morgan fingerprint density at radius 1 is 1.00 bits per heavy atom. The molecule has 0 unspecified atom stereocenters. The van der Waals surface area contributed by atoms with Crippen LogP contribution in [0.25, 0.3) is 11.5 Å². The zero-order valence-electron chi connectivity index (χ0n) is 17.9. The van der Waals surface area contributed by atoms with Gasteiger partial charge >= 0.3 is 0 Å². The largest absolute Gasteiger partial charge is 0.355 e. The molecule has 2 aromatic carbocycles. The van der Waals surface area contributed by atoms with Gasteiger partial charge in [-0.25, -0.2) is 4.68 Å². The molecule has 6 nitrogen and oxygen atoms in total. The van der Waals surface area contributed by atoms with Gasteiger partial charge in [-0.05, 0) is 35.7 Å². The van der Waals surface area contributed by atoms with Crippen LogP contribution in [0.3, 0.4) is 0 Å². The third kappa shape index (κ3) is 5.23. The minimum absolute atomic E-state index is 0.0385. The summed E-state index contributed by atoms with van der Waals surface area (Å²) in [5.41, 5.74) is 2.91. The smallest absolute Gasteiger partial charge is 0.232 e. The molecule has 164 valence electrons. The Balaban J connectivity index is 1.42. The van der Waals surface area contributed by atoms with Crippen LogP contribution in [0, 0.1) is 0 Å². The average Bonchev–Trinajstić information content (AvgIpc) is 3.48. The number of para-hydroxylation sites is 1. The fraction of sp³-hybridized carbons (Fsp3) is 0.200.